The summed E-state index contributed by atoms with van der Waals surface area (Å²) in [7, 11) is 2.99. The van der Waals surface area contributed by atoms with Crippen molar-refractivity contribution in [3.63, 3.8) is 0 Å². The summed E-state index contributed by atoms with van der Waals surface area (Å²) in [5.74, 6) is -0.228. The molecule has 0 fully saturated rings. The first-order chi connectivity index (χ1) is 14.7. The van der Waals surface area contributed by atoms with Gasteiger partial charge in [-0.3, -0.25) is 14.4 Å². The summed E-state index contributed by atoms with van der Waals surface area (Å²) in [6.45, 7) is 5.19. The van der Waals surface area contributed by atoms with Crippen LogP contribution in [-0.2, 0) is 9.59 Å². The number of nitrogens with zero attached hydrogens (tertiary/aromatic N) is 1. The number of hydrogen-bond donors (Lipinski definition) is 2. The summed E-state index contributed by atoms with van der Waals surface area (Å²) in [5.41, 5.74) is 2.05. The predicted octanol–water partition coefficient (Wildman–Crippen LogP) is 2.62. The van der Waals surface area contributed by atoms with E-state index in [2.05, 4.69) is 10.6 Å². The maximum absolute atomic E-state index is 13.1. The number of anilines is 1. The van der Waals surface area contributed by atoms with Gasteiger partial charge in [0.05, 0.1) is 26.3 Å². The zero-order valence-electron chi connectivity index (χ0n) is 18.5. The fourth-order valence-electron chi connectivity index (χ4n) is 2.85. The molecule has 0 aliphatic heterocycles. The van der Waals surface area contributed by atoms with Gasteiger partial charge in [-0.1, -0.05) is 17.7 Å². The molecule has 2 rings (SSSR count). The molecule has 0 aliphatic rings. The fourth-order valence-corrected chi connectivity index (χ4v) is 2.85. The number of hydrogen-bond acceptors (Lipinski definition) is 5. The molecule has 0 aliphatic carbocycles. The molecule has 0 heterocycles. The molecule has 31 heavy (non-hydrogen) atoms. The van der Waals surface area contributed by atoms with Crippen molar-refractivity contribution < 1.29 is 23.9 Å². The number of rotatable bonds is 9. The summed E-state index contributed by atoms with van der Waals surface area (Å²) < 4.78 is 10.5. The van der Waals surface area contributed by atoms with E-state index in [9.17, 15) is 14.4 Å². The molecule has 0 saturated carbocycles. The van der Waals surface area contributed by atoms with Crippen molar-refractivity contribution in [3.8, 4) is 11.5 Å². The van der Waals surface area contributed by atoms with Crippen LogP contribution >= 0.6 is 0 Å². The molecule has 8 nitrogen and oxygen atoms in total. The van der Waals surface area contributed by atoms with Gasteiger partial charge in [0.15, 0.2) is 0 Å². The van der Waals surface area contributed by atoms with Crippen LogP contribution in [0.15, 0.2) is 42.5 Å². The molecule has 0 spiro atoms. The Balaban J connectivity index is 1.99. The Labute approximate surface area is 182 Å². The Morgan fingerprint density at radius 1 is 0.968 bits per heavy atom. The first-order valence-corrected chi connectivity index (χ1v) is 9.91. The second-order valence-electron chi connectivity index (χ2n) is 7.28. The average Bonchev–Trinajstić information content (AvgIpc) is 2.76. The molecule has 0 unspecified atom stereocenters. The topological polar surface area (TPSA) is 97.0 Å². The van der Waals surface area contributed by atoms with Crippen LogP contribution < -0.4 is 20.1 Å². The predicted molar refractivity (Wildman–Crippen MR) is 119 cm³/mol. The first-order valence-electron chi connectivity index (χ1n) is 9.91. The Morgan fingerprint density at radius 2 is 1.65 bits per heavy atom. The molecule has 8 heteroatoms. The van der Waals surface area contributed by atoms with Crippen LogP contribution in [0.4, 0.5) is 5.69 Å². The molecule has 0 bridgehead atoms. The van der Waals surface area contributed by atoms with Crippen LogP contribution in [-0.4, -0.2) is 56.0 Å². The van der Waals surface area contributed by atoms with E-state index in [0.29, 0.717) is 22.7 Å². The minimum Gasteiger partial charge on any atom is -0.497 e. The van der Waals surface area contributed by atoms with E-state index in [1.807, 2.05) is 32.9 Å². The van der Waals surface area contributed by atoms with Crippen LogP contribution in [0, 0.1) is 6.92 Å². The Morgan fingerprint density at radius 3 is 2.23 bits per heavy atom. The maximum Gasteiger partial charge on any atom is 0.258 e. The van der Waals surface area contributed by atoms with Crippen LogP contribution in [0.2, 0.25) is 0 Å². The van der Waals surface area contributed by atoms with Gasteiger partial charge in [-0.15, -0.1) is 0 Å². The molecule has 2 N–H and O–H groups in total. The van der Waals surface area contributed by atoms with Crippen molar-refractivity contribution in [1.82, 2.24) is 10.2 Å². The van der Waals surface area contributed by atoms with Gasteiger partial charge in [-0.25, -0.2) is 0 Å². The van der Waals surface area contributed by atoms with Gasteiger partial charge in [0.25, 0.3) is 5.91 Å². The van der Waals surface area contributed by atoms with Crippen molar-refractivity contribution in [3.05, 3.63) is 53.6 Å². The summed E-state index contributed by atoms with van der Waals surface area (Å²) in [6, 6.07) is 12.0. The van der Waals surface area contributed by atoms with Gasteiger partial charge in [0, 0.05) is 17.8 Å². The standard InChI is InChI=1S/C23H29N3O5/c1-15(2)26(23(29)19-11-10-18(30-4)12-20(19)31-5)14-22(28)24-13-21(27)25-17-8-6-16(3)7-9-17/h6-12,15H,13-14H2,1-5H3,(H,24,28)(H,25,27). The largest absolute Gasteiger partial charge is 0.497 e. The van der Waals surface area contributed by atoms with Gasteiger partial charge in [0.1, 0.15) is 18.0 Å². The third-order valence-corrected chi connectivity index (χ3v) is 4.62. The van der Waals surface area contributed by atoms with Crippen molar-refractivity contribution in [1.29, 1.82) is 0 Å². The van der Waals surface area contributed by atoms with Gasteiger partial charge in [0.2, 0.25) is 11.8 Å². The van der Waals surface area contributed by atoms with E-state index >= 15 is 0 Å². The third-order valence-electron chi connectivity index (χ3n) is 4.62. The van der Waals surface area contributed by atoms with Crippen LogP contribution in [0.25, 0.3) is 0 Å². The normalized spacial score (nSPS) is 10.4. The number of methoxy groups -OCH3 is 2. The minimum absolute atomic E-state index is 0.191. The number of nitrogens with one attached hydrogen (secondary N) is 2. The SMILES string of the molecule is COc1ccc(C(=O)N(CC(=O)NCC(=O)Nc2ccc(C)cc2)C(C)C)c(OC)c1. The van der Waals surface area contributed by atoms with E-state index < -0.39 is 5.91 Å². The lowest BCUT2D eigenvalue weighted by atomic mass is 10.1. The molecule has 2 aromatic rings. The van der Waals surface area contributed by atoms with Crippen LogP contribution in [0.3, 0.4) is 0 Å². The Hall–Kier alpha value is -3.55. The van der Waals surface area contributed by atoms with Gasteiger partial charge in [-0.2, -0.15) is 0 Å². The number of carbonyl (C=O) groups excluding carboxylic acids is 3. The second-order valence-corrected chi connectivity index (χ2v) is 7.28. The lowest BCUT2D eigenvalue weighted by Crippen LogP contribution is -2.45. The number of benzene rings is 2. The molecular weight excluding hydrogens is 398 g/mol. The summed E-state index contributed by atoms with van der Waals surface area (Å²) >= 11 is 0. The van der Waals surface area contributed by atoms with E-state index in [4.69, 9.17) is 9.47 Å². The highest BCUT2D eigenvalue weighted by Gasteiger charge is 2.24. The van der Waals surface area contributed by atoms with Gasteiger partial charge in [-0.05, 0) is 45.0 Å². The lowest BCUT2D eigenvalue weighted by Gasteiger charge is -2.27. The van der Waals surface area contributed by atoms with E-state index in [0.717, 1.165) is 5.56 Å². The first kappa shape index (κ1) is 23.7. The highest BCUT2D eigenvalue weighted by molar-refractivity contribution is 6.00. The molecule has 2 aromatic carbocycles. The van der Waals surface area contributed by atoms with Crippen molar-refractivity contribution in [2.45, 2.75) is 26.8 Å². The fraction of sp³-hybridized carbons (Fsp3) is 0.348. The van der Waals surface area contributed by atoms with Crippen LogP contribution in [0.1, 0.15) is 29.8 Å². The maximum atomic E-state index is 13.1. The number of amides is 3. The van der Waals surface area contributed by atoms with Crippen molar-refractivity contribution >= 4 is 23.4 Å². The smallest absolute Gasteiger partial charge is 0.258 e. The third kappa shape index (κ3) is 6.74. The van der Waals surface area contributed by atoms with Gasteiger partial charge < -0.3 is 25.0 Å². The molecule has 0 saturated heterocycles. The molecule has 0 aromatic heterocycles. The molecule has 3 amide bonds. The van der Waals surface area contributed by atoms with Crippen molar-refractivity contribution in [2.24, 2.45) is 0 Å². The molecular formula is C23H29N3O5. The highest BCUT2D eigenvalue weighted by atomic mass is 16.5. The van der Waals surface area contributed by atoms with E-state index in [1.54, 1.807) is 30.3 Å². The Kier molecular flexibility index (Phi) is 8.43. The second kappa shape index (κ2) is 11.0. The lowest BCUT2D eigenvalue weighted by molar-refractivity contribution is -0.124. The average molecular weight is 428 g/mol. The zero-order valence-corrected chi connectivity index (χ0v) is 18.5. The quantitative estimate of drug-likeness (QED) is 0.641. The van der Waals surface area contributed by atoms with Crippen molar-refractivity contribution in [2.75, 3.05) is 32.6 Å². The number of aryl methyl sites for hydroxylation is 1. The zero-order chi connectivity index (χ0) is 23.0. The van der Waals surface area contributed by atoms with E-state index in [1.165, 1.54) is 19.1 Å². The number of ether oxygens (including phenoxy) is 2. The van der Waals surface area contributed by atoms with Gasteiger partial charge >= 0.3 is 0 Å². The van der Waals surface area contributed by atoms with Crippen LogP contribution in [0.5, 0.6) is 11.5 Å². The summed E-state index contributed by atoms with van der Waals surface area (Å²) in [6.07, 6.45) is 0. The highest BCUT2D eigenvalue weighted by Crippen LogP contribution is 2.26. The minimum atomic E-state index is -0.436. The molecule has 0 atom stereocenters. The molecule has 0 radical (unpaired) electrons. The summed E-state index contributed by atoms with van der Waals surface area (Å²) in [4.78, 5) is 39.0. The van der Waals surface area contributed by atoms with E-state index in [-0.39, 0.29) is 30.9 Å². The Bertz CT molecular complexity index is 925. The number of carbonyl (C=O) groups is 3. The summed E-state index contributed by atoms with van der Waals surface area (Å²) in [5, 5.41) is 5.27. The monoisotopic (exact) mass is 427 g/mol. The molecule has 166 valence electrons.